The predicted molar refractivity (Wildman–Crippen MR) is 122 cm³/mol. The van der Waals surface area contributed by atoms with E-state index in [2.05, 4.69) is 61.5 Å². The molecule has 2 fully saturated rings. The van der Waals surface area contributed by atoms with Crippen LogP contribution < -0.4 is 0 Å². The van der Waals surface area contributed by atoms with Gasteiger partial charge >= 0.3 is 0 Å². The quantitative estimate of drug-likeness (QED) is 0.532. The van der Waals surface area contributed by atoms with E-state index in [0.29, 0.717) is 24.5 Å². The molecule has 1 atom stereocenters. The Kier molecular flexibility index (Phi) is 6.38. The molecule has 0 radical (unpaired) electrons. The van der Waals surface area contributed by atoms with Gasteiger partial charge in [0.05, 0.1) is 11.5 Å². The molecule has 2 aromatic carbocycles. The molecule has 30 heavy (non-hydrogen) atoms. The highest BCUT2D eigenvalue weighted by molar-refractivity contribution is 5.79. The molecule has 0 amide bonds. The van der Waals surface area contributed by atoms with Crippen molar-refractivity contribution in [3.05, 3.63) is 59.7 Å². The maximum Gasteiger partial charge on any atom is 0.133 e. The van der Waals surface area contributed by atoms with Crippen LogP contribution >= 0.6 is 0 Å². The standard InChI is InChI=1S/C28H33NO/c1-2-4-21-7-9-22(10-8-21)23-11-13-24(14-12-23)25-15-17-28(20-29,18-16-25)26-5-3-6-27(30)19-26/h7-14,25-26H,2-6,15-19H2,1H3. The van der Waals surface area contributed by atoms with E-state index >= 15 is 0 Å². The average Bonchev–Trinajstić information content (AvgIpc) is 2.80. The van der Waals surface area contributed by atoms with Crippen molar-refractivity contribution in [3.8, 4) is 17.2 Å². The van der Waals surface area contributed by atoms with E-state index in [-0.39, 0.29) is 11.3 Å². The fourth-order valence-corrected chi connectivity index (χ4v) is 5.67. The Balaban J connectivity index is 1.41. The van der Waals surface area contributed by atoms with Crippen LogP contribution in [0.4, 0.5) is 0 Å². The summed E-state index contributed by atoms with van der Waals surface area (Å²) < 4.78 is 0. The smallest absolute Gasteiger partial charge is 0.133 e. The molecule has 0 saturated heterocycles. The first kappa shape index (κ1) is 20.9. The second-order valence-electron chi connectivity index (χ2n) is 9.44. The lowest BCUT2D eigenvalue weighted by Crippen LogP contribution is -2.36. The van der Waals surface area contributed by atoms with Crippen LogP contribution in [0.3, 0.4) is 0 Å². The predicted octanol–water partition coefficient (Wildman–Crippen LogP) is 7.23. The van der Waals surface area contributed by atoms with E-state index in [4.69, 9.17) is 0 Å². The molecule has 0 spiro atoms. The summed E-state index contributed by atoms with van der Waals surface area (Å²) in [6, 6.07) is 20.7. The van der Waals surface area contributed by atoms with Gasteiger partial charge in [-0.2, -0.15) is 5.26 Å². The van der Waals surface area contributed by atoms with E-state index in [0.717, 1.165) is 44.9 Å². The maximum absolute atomic E-state index is 12.0. The fraction of sp³-hybridized carbons (Fsp3) is 0.500. The minimum Gasteiger partial charge on any atom is -0.300 e. The summed E-state index contributed by atoms with van der Waals surface area (Å²) in [7, 11) is 0. The lowest BCUT2D eigenvalue weighted by atomic mass is 9.60. The van der Waals surface area contributed by atoms with E-state index in [9.17, 15) is 10.1 Å². The minimum absolute atomic E-state index is 0.271. The second-order valence-corrected chi connectivity index (χ2v) is 9.44. The maximum atomic E-state index is 12.0. The third-order valence-corrected chi connectivity index (χ3v) is 7.57. The van der Waals surface area contributed by atoms with Crippen molar-refractivity contribution >= 4 is 5.78 Å². The number of rotatable bonds is 5. The lowest BCUT2D eigenvalue weighted by Gasteiger charge is -2.42. The summed E-state index contributed by atoms with van der Waals surface area (Å²) in [5.74, 6) is 1.18. The molecular weight excluding hydrogens is 366 g/mol. The first-order chi connectivity index (χ1) is 14.6. The Hall–Kier alpha value is -2.40. The van der Waals surface area contributed by atoms with Crippen LogP contribution in [0.15, 0.2) is 48.5 Å². The van der Waals surface area contributed by atoms with Gasteiger partial charge in [-0.15, -0.1) is 0 Å². The van der Waals surface area contributed by atoms with Gasteiger partial charge in [0.25, 0.3) is 0 Å². The summed E-state index contributed by atoms with van der Waals surface area (Å²) in [4.78, 5) is 12.0. The van der Waals surface area contributed by atoms with Crippen molar-refractivity contribution in [1.82, 2.24) is 0 Å². The monoisotopic (exact) mass is 399 g/mol. The fourth-order valence-electron chi connectivity index (χ4n) is 5.67. The van der Waals surface area contributed by atoms with Gasteiger partial charge < -0.3 is 0 Å². The van der Waals surface area contributed by atoms with Crippen LogP contribution in [0.1, 0.15) is 81.8 Å². The largest absolute Gasteiger partial charge is 0.300 e. The van der Waals surface area contributed by atoms with Gasteiger partial charge in [-0.1, -0.05) is 61.9 Å². The van der Waals surface area contributed by atoms with Crippen molar-refractivity contribution in [2.24, 2.45) is 11.3 Å². The second kappa shape index (κ2) is 9.17. The molecule has 0 heterocycles. The first-order valence-electron chi connectivity index (χ1n) is 11.8. The molecule has 1 unspecified atom stereocenters. The average molecular weight is 400 g/mol. The lowest BCUT2D eigenvalue weighted by molar-refractivity contribution is -0.123. The number of hydrogen-bond donors (Lipinski definition) is 0. The molecule has 2 saturated carbocycles. The number of aryl methyl sites for hydroxylation is 1. The molecule has 0 aromatic heterocycles. The van der Waals surface area contributed by atoms with Gasteiger partial charge in [-0.25, -0.2) is 0 Å². The van der Waals surface area contributed by atoms with Crippen molar-refractivity contribution in [2.75, 3.05) is 0 Å². The number of nitrogens with zero attached hydrogens (tertiary/aromatic N) is 1. The topological polar surface area (TPSA) is 40.9 Å². The van der Waals surface area contributed by atoms with Gasteiger partial charge in [0, 0.05) is 12.8 Å². The van der Waals surface area contributed by atoms with Crippen LogP contribution in [0.25, 0.3) is 11.1 Å². The van der Waals surface area contributed by atoms with Crippen molar-refractivity contribution in [2.45, 2.75) is 77.0 Å². The van der Waals surface area contributed by atoms with Crippen LogP contribution in [0.2, 0.25) is 0 Å². The molecular formula is C28H33NO. The van der Waals surface area contributed by atoms with Gasteiger partial charge in [-0.05, 0) is 79.0 Å². The molecule has 0 N–H and O–H groups in total. The number of carbonyl (C=O) groups is 1. The number of benzene rings is 2. The number of carbonyl (C=O) groups excluding carboxylic acids is 1. The molecule has 2 nitrogen and oxygen atoms in total. The van der Waals surface area contributed by atoms with Crippen molar-refractivity contribution < 1.29 is 4.79 Å². The summed E-state index contributed by atoms with van der Waals surface area (Å²) >= 11 is 0. The Morgan fingerprint density at radius 2 is 1.60 bits per heavy atom. The van der Waals surface area contributed by atoms with Crippen LogP contribution in [-0.4, -0.2) is 5.78 Å². The zero-order chi connectivity index (χ0) is 21.0. The summed E-state index contributed by atoms with van der Waals surface area (Å²) in [6.07, 6.45) is 9.68. The third-order valence-electron chi connectivity index (χ3n) is 7.57. The van der Waals surface area contributed by atoms with E-state index in [1.165, 1.54) is 28.7 Å². The zero-order valence-electron chi connectivity index (χ0n) is 18.2. The van der Waals surface area contributed by atoms with E-state index < -0.39 is 0 Å². The minimum atomic E-state index is -0.271. The number of Topliss-reactive ketones (excluding diaryl/α,β-unsaturated/α-hetero) is 1. The number of ketones is 1. The van der Waals surface area contributed by atoms with Crippen LogP contribution in [0.5, 0.6) is 0 Å². The van der Waals surface area contributed by atoms with E-state index in [1.54, 1.807) is 0 Å². The molecule has 4 rings (SSSR count). The van der Waals surface area contributed by atoms with Crippen LogP contribution in [0, 0.1) is 22.7 Å². The Bertz CT molecular complexity index is 895. The highest BCUT2D eigenvalue weighted by atomic mass is 16.1. The Morgan fingerprint density at radius 1 is 0.967 bits per heavy atom. The van der Waals surface area contributed by atoms with Gasteiger partial charge in [-0.3, -0.25) is 4.79 Å². The van der Waals surface area contributed by atoms with E-state index in [1.807, 2.05) is 0 Å². The highest BCUT2D eigenvalue weighted by Gasteiger charge is 2.43. The van der Waals surface area contributed by atoms with Gasteiger partial charge in [0.1, 0.15) is 5.78 Å². The van der Waals surface area contributed by atoms with Crippen LogP contribution in [-0.2, 0) is 11.2 Å². The molecule has 2 aromatic rings. The molecule has 0 bridgehead atoms. The molecule has 2 aliphatic carbocycles. The van der Waals surface area contributed by atoms with Crippen molar-refractivity contribution in [1.29, 1.82) is 5.26 Å². The zero-order valence-corrected chi connectivity index (χ0v) is 18.2. The first-order valence-corrected chi connectivity index (χ1v) is 11.8. The number of nitriles is 1. The summed E-state index contributed by atoms with van der Waals surface area (Å²) in [5.41, 5.74) is 5.07. The van der Waals surface area contributed by atoms with Gasteiger partial charge in [0.2, 0.25) is 0 Å². The SMILES string of the molecule is CCCc1ccc(-c2ccc(C3CCC(C#N)(C4CCCC(=O)C4)CC3)cc2)cc1. The Morgan fingerprint density at radius 3 is 2.17 bits per heavy atom. The molecule has 2 heteroatoms. The third kappa shape index (κ3) is 4.36. The Labute approximate surface area is 181 Å². The normalized spacial score (nSPS) is 26.9. The highest BCUT2D eigenvalue weighted by Crippen LogP contribution is 2.50. The van der Waals surface area contributed by atoms with Crippen molar-refractivity contribution in [3.63, 3.8) is 0 Å². The molecule has 156 valence electrons. The number of hydrogen-bond acceptors (Lipinski definition) is 2. The van der Waals surface area contributed by atoms with Gasteiger partial charge in [0.15, 0.2) is 0 Å². The molecule has 0 aliphatic heterocycles. The molecule has 2 aliphatic rings. The summed E-state index contributed by atoms with van der Waals surface area (Å²) in [6.45, 7) is 2.22. The summed E-state index contributed by atoms with van der Waals surface area (Å²) in [5, 5.41) is 9.99.